The van der Waals surface area contributed by atoms with E-state index in [4.69, 9.17) is 4.74 Å². The second-order valence-corrected chi connectivity index (χ2v) is 8.33. The number of ether oxygens (including phenoxy) is 1. The predicted molar refractivity (Wildman–Crippen MR) is 87.3 cm³/mol. The van der Waals surface area contributed by atoms with Crippen molar-refractivity contribution >= 4 is 5.91 Å². The van der Waals surface area contributed by atoms with Crippen LogP contribution in [0.1, 0.15) is 61.3 Å². The molecule has 21 heavy (non-hydrogen) atoms. The van der Waals surface area contributed by atoms with Gasteiger partial charge in [0.25, 0.3) is 0 Å². The SMILES string of the molecule is CC(C)COC1CC(NCCC(=O)NC(C)(C)C)C1(C)C. The minimum absolute atomic E-state index is 0.111. The van der Waals surface area contributed by atoms with Gasteiger partial charge in [0.05, 0.1) is 6.10 Å². The number of carbonyl (C=O) groups is 1. The van der Waals surface area contributed by atoms with Crippen LogP contribution in [0.25, 0.3) is 0 Å². The number of rotatable bonds is 7. The molecule has 1 fully saturated rings. The summed E-state index contributed by atoms with van der Waals surface area (Å²) in [5.74, 6) is 0.689. The Labute approximate surface area is 130 Å². The Morgan fingerprint density at radius 3 is 2.43 bits per heavy atom. The van der Waals surface area contributed by atoms with Gasteiger partial charge in [-0.05, 0) is 33.1 Å². The summed E-state index contributed by atoms with van der Waals surface area (Å²) in [7, 11) is 0. The zero-order chi connectivity index (χ0) is 16.3. The van der Waals surface area contributed by atoms with Crippen LogP contribution in [0, 0.1) is 11.3 Å². The lowest BCUT2D eigenvalue weighted by molar-refractivity contribution is -0.126. The largest absolute Gasteiger partial charge is 0.377 e. The molecule has 0 aromatic heterocycles. The van der Waals surface area contributed by atoms with Crippen LogP contribution < -0.4 is 10.6 Å². The van der Waals surface area contributed by atoms with Crippen molar-refractivity contribution in [2.75, 3.05) is 13.2 Å². The first kappa shape index (κ1) is 18.4. The van der Waals surface area contributed by atoms with Gasteiger partial charge in [-0.1, -0.05) is 27.7 Å². The number of nitrogens with one attached hydrogen (secondary N) is 2. The van der Waals surface area contributed by atoms with E-state index in [9.17, 15) is 4.79 Å². The first-order valence-electron chi connectivity index (χ1n) is 8.18. The molecule has 1 saturated carbocycles. The molecule has 1 aliphatic rings. The maximum absolute atomic E-state index is 11.8. The van der Waals surface area contributed by atoms with Gasteiger partial charge in [-0.15, -0.1) is 0 Å². The third-order valence-electron chi connectivity index (χ3n) is 4.07. The van der Waals surface area contributed by atoms with Gasteiger partial charge in [0, 0.05) is 36.6 Å². The van der Waals surface area contributed by atoms with Crippen molar-refractivity contribution in [3.8, 4) is 0 Å². The third kappa shape index (κ3) is 5.95. The van der Waals surface area contributed by atoms with E-state index in [0.29, 0.717) is 24.5 Å². The zero-order valence-electron chi connectivity index (χ0n) is 14.9. The third-order valence-corrected chi connectivity index (χ3v) is 4.07. The fourth-order valence-corrected chi connectivity index (χ4v) is 2.66. The first-order chi connectivity index (χ1) is 9.52. The quantitative estimate of drug-likeness (QED) is 0.760. The molecule has 0 aliphatic heterocycles. The maximum Gasteiger partial charge on any atom is 0.221 e. The van der Waals surface area contributed by atoms with E-state index in [-0.39, 0.29) is 16.9 Å². The van der Waals surface area contributed by atoms with Crippen LogP contribution in [0.5, 0.6) is 0 Å². The lowest BCUT2D eigenvalue weighted by atomic mass is 9.64. The van der Waals surface area contributed by atoms with Crippen LogP contribution >= 0.6 is 0 Å². The molecule has 1 aliphatic carbocycles. The molecule has 0 saturated heterocycles. The maximum atomic E-state index is 11.8. The number of amides is 1. The molecule has 2 unspecified atom stereocenters. The molecule has 0 heterocycles. The van der Waals surface area contributed by atoms with Crippen LogP contribution in [-0.2, 0) is 9.53 Å². The molecule has 0 aromatic rings. The average Bonchev–Trinajstić information content (AvgIpc) is 2.28. The summed E-state index contributed by atoms with van der Waals surface area (Å²) in [4.78, 5) is 11.8. The van der Waals surface area contributed by atoms with E-state index in [1.807, 2.05) is 20.8 Å². The van der Waals surface area contributed by atoms with Gasteiger partial charge >= 0.3 is 0 Å². The van der Waals surface area contributed by atoms with Crippen LogP contribution in [0.3, 0.4) is 0 Å². The topological polar surface area (TPSA) is 50.4 Å². The summed E-state index contributed by atoms with van der Waals surface area (Å²) in [5.41, 5.74) is -0.00199. The number of hydrogen-bond acceptors (Lipinski definition) is 3. The van der Waals surface area contributed by atoms with Crippen molar-refractivity contribution < 1.29 is 9.53 Å². The molecule has 0 spiro atoms. The molecule has 4 heteroatoms. The van der Waals surface area contributed by atoms with E-state index in [2.05, 4.69) is 38.3 Å². The van der Waals surface area contributed by atoms with Gasteiger partial charge < -0.3 is 15.4 Å². The molecule has 1 rings (SSSR count). The summed E-state index contributed by atoms with van der Waals surface area (Å²) >= 11 is 0. The van der Waals surface area contributed by atoms with Crippen molar-refractivity contribution in [3.63, 3.8) is 0 Å². The normalized spacial score (nSPS) is 24.8. The highest BCUT2D eigenvalue weighted by Crippen LogP contribution is 2.42. The summed E-state index contributed by atoms with van der Waals surface area (Å²) in [6.45, 7) is 16.4. The Balaban J connectivity index is 2.24. The fraction of sp³-hybridized carbons (Fsp3) is 0.941. The average molecular weight is 298 g/mol. The second kappa shape index (κ2) is 7.10. The molecule has 124 valence electrons. The minimum Gasteiger partial charge on any atom is -0.377 e. The number of carbonyl (C=O) groups excluding carboxylic acids is 1. The molecule has 0 bridgehead atoms. The predicted octanol–water partition coefficient (Wildman–Crippen LogP) is 2.72. The van der Waals surface area contributed by atoms with Crippen molar-refractivity contribution in [1.29, 1.82) is 0 Å². The van der Waals surface area contributed by atoms with E-state index in [1.165, 1.54) is 0 Å². The first-order valence-corrected chi connectivity index (χ1v) is 8.18. The monoisotopic (exact) mass is 298 g/mol. The molecule has 2 N–H and O–H groups in total. The molecular weight excluding hydrogens is 264 g/mol. The molecule has 0 radical (unpaired) electrons. The van der Waals surface area contributed by atoms with Crippen LogP contribution in [0.15, 0.2) is 0 Å². The Hall–Kier alpha value is -0.610. The second-order valence-electron chi connectivity index (χ2n) is 8.33. The van der Waals surface area contributed by atoms with Crippen LogP contribution in [0.2, 0.25) is 0 Å². The van der Waals surface area contributed by atoms with Crippen LogP contribution in [0.4, 0.5) is 0 Å². The van der Waals surface area contributed by atoms with Gasteiger partial charge in [-0.25, -0.2) is 0 Å². The van der Waals surface area contributed by atoms with Gasteiger partial charge in [0.1, 0.15) is 0 Å². The Kier molecular flexibility index (Phi) is 6.23. The summed E-state index contributed by atoms with van der Waals surface area (Å²) < 4.78 is 5.96. The van der Waals surface area contributed by atoms with Crippen molar-refractivity contribution in [2.24, 2.45) is 11.3 Å². The molecule has 0 aromatic carbocycles. The summed E-state index contributed by atoms with van der Waals surface area (Å²) in [6, 6.07) is 0.442. The van der Waals surface area contributed by atoms with Crippen molar-refractivity contribution in [2.45, 2.75) is 79.0 Å². The Morgan fingerprint density at radius 2 is 1.95 bits per heavy atom. The highest BCUT2D eigenvalue weighted by molar-refractivity contribution is 5.76. The standard InChI is InChI=1S/C17H34N2O2/c1-12(2)11-21-14-10-13(17(14,6)7)18-9-8-15(20)19-16(3,4)5/h12-14,18H,8-11H2,1-7H3,(H,19,20). The van der Waals surface area contributed by atoms with Gasteiger partial charge in [0.2, 0.25) is 5.91 Å². The van der Waals surface area contributed by atoms with Crippen molar-refractivity contribution in [3.05, 3.63) is 0 Å². The summed E-state index contributed by atoms with van der Waals surface area (Å²) in [5, 5.41) is 6.49. The Bertz CT molecular complexity index is 345. The van der Waals surface area contributed by atoms with E-state index < -0.39 is 0 Å². The van der Waals surface area contributed by atoms with E-state index >= 15 is 0 Å². The molecular formula is C17H34N2O2. The number of hydrogen-bond donors (Lipinski definition) is 2. The molecule has 1 amide bonds. The highest BCUT2D eigenvalue weighted by Gasteiger charge is 2.48. The van der Waals surface area contributed by atoms with Gasteiger partial charge in [-0.2, -0.15) is 0 Å². The fourth-order valence-electron chi connectivity index (χ4n) is 2.66. The van der Waals surface area contributed by atoms with Crippen molar-refractivity contribution in [1.82, 2.24) is 10.6 Å². The van der Waals surface area contributed by atoms with Gasteiger partial charge in [-0.3, -0.25) is 4.79 Å². The Morgan fingerprint density at radius 1 is 1.33 bits per heavy atom. The lowest BCUT2D eigenvalue weighted by Crippen LogP contribution is -2.61. The smallest absolute Gasteiger partial charge is 0.221 e. The molecule has 2 atom stereocenters. The molecule has 4 nitrogen and oxygen atoms in total. The highest BCUT2D eigenvalue weighted by atomic mass is 16.5. The van der Waals surface area contributed by atoms with Gasteiger partial charge in [0.15, 0.2) is 0 Å². The minimum atomic E-state index is -0.150. The lowest BCUT2D eigenvalue weighted by Gasteiger charge is -2.52. The van der Waals surface area contributed by atoms with E-state index in [0.717, 1.165) is 19.6 Å². The zero-order valence-corrected chi connectivity index (χ0v) is 14.9. The van der Waals surface area contributed by atoms with E-state index in [1.54, 1.807) is 0 Å². The van der Waals surface area contributed by atoms with Crippen LogP contribution in [-0.4, -0.2) is 36.7 Å². The summed E-state index contributed by atoms with van der Waals surface area (Å²) in [6.07, 6.45) is 1.91.